The van der Waals surface area contributed by atoms with E-state index in [1.807, 2.05) is 55.1 Å². The first-order valence-corrected chi connectivity index (χ1v) is 13.2. The summed E-state index contributed by atoms with van der Waals surface area (Å²) in [4.78, 5) is 17.1. The van der Waals surface area contributed by atoms with E-state index in [1.165, 1.54) is 34.2 Å². The van der Waals surface area contributed by atoms with Crippen LogP contribution in [0.1, 0.15) is 35.5 Å². The summed E-state index contributed by atoms with van der Waals surface area (Å²) in [6.07, 6.45) is -0.324. The predicted molar refractivity (Wildman–Crippen MR) is 143 cm³/mol. The van der Waals surface area contributed by atoms with Gasteiger partial charge in [0.1, 0.15) is 5.75 Å². The highest BCUT2D eigenvalue weighted by atomic mass is 35.5. The maximum Gasteiger partial charge on any atom is 0.236 e. The molecule has 0 fully saturated rings. The van der Waals surface area contributed by atoms with Crippen molar-refractivity contribution in [1.82, 2.24) is 19.7 Å². The average Bonchev–Trinajstić information content (AvgIpc) is 3.43. The van der Waals surface area contributed by atoms with Crippen LogP contribution in [0.5, 0.6) is 5.75 Å². The largest absolute Gasteiger partial charge is 0.483 e. The fourth-order valence-electron chi connectivity index (χ4n) is 3.40. The van der Waals surface area contributed by atoms with Gasteiger partial charge in [0, 0.05) is 23.0 Å². The van der Waals surface area contributed by atoms with Gasteiger partial charge < -0.3 is 14.6 Å². The van der Waals surface area contributed by atoms with Gasteiger partial charge in [-0.2, -0.15) is 0 Å². The van der Waals surface area contributed by atoms with Gasteiger partial charge in [0.25, 0.3) is 0 Å². The third-order valence-corrected chi connectivity index (χ3v) is 7.76. The number of benzene rings is 2. The maximum absolute atomic E-state index is 12.5. The van der Waals surface area contributed by atoms with Crippen molar-refractivity contribution in [3.05, 3.63) is 69.3 Å². The van der Waals surface area contributed by atoms with Crippen molar-refractivity contribution in [2.24, 2.45) is 7.05 Å². The number of anilines is 1. The lowest BCUT2D eigenvalue weighted by atomic mass is 10.1. The van der Waals surface area contributed by atoms with Crippen LogP contribution in [0.15, 0.2) is 46.9 Å². The second-order valence-corrected chi connectivity index (χ2v) is 10.5. The number of aromatic nitrogens is 4. The topological polar surface area (TPSA) is 81.9 Å². The lowest BCUT2D eigenvalue weighted by Crippen LogP contribution is -2.14. The molecule has 0 radical (unpaired) electrons. The maximum atomic E-state index is 12.5. The van der Waals surface area contributed by atoms with E-state index in [9.17, 15) is 4.79 Å². The Balaban J connectivity index is 1.33. The third kappa shape index (κ3) is 6.04. The summed E-state index contributed by atoms with van der Waals surface area (Å²) in [6, 6.07) is 11.8. The fourth-order valence-corrected chi connectivity index (χ4v) is 4.97. The highest BCUT2D eigenvalue weighted by molar-refractivity contribution is 7.99. The van der Waals surface area contributed by atoms with Crippen LogP contribution >= 0.6 is 34.7 Å². The average molecular weight is 528 g/mol. The van der Waals surface area contributed by atoms with Crippen molar-refractivity contribution < 1.29 is 9.53 Å². The van der Waals surface area contributed by atoms with E-state index in [-0.39, 0.29) is 17.8 Å². The Morgan fingerprint density at radius 3 is 2.69 bits per heavy atom. The zero-order valence-electron chi connectivity index (χ0n) is 20.1. The van der Waals surface area contributed by atoms with Crippen LogP contribution in [0, 0.1) is 20.8 Å². The minimum Gasteiger partial charge on any atom is -0.483 e. The van der Waals surface area contributed by atoms with Crippen LogP contribution in [0.3, 0.4) is 0 Å². The number of carbonyl (C=O) groups excluding carboxylic acids is 1. The predicted octanol–water partition coefficient (Wildman–Crippen LogP) is 6.39. The first kappa shape index (κ1) is 25.2. The number of amides is 1. The molecule has 2 aromatic heterocycles. The Morgan fingerprint density at radius 1 is 1.14 bits per heavy atom. The van der Waals surface area contributed by atoms with Gasteiger partial charge in [-0.15, -0.1) is 21.5 Å². The summed E-state index contributed by atoms with van der Waals surface area (Å²) < 4.78 is 7.85. The minimum atomic E-state index is -0.324. The molecule has 1 unspecified atom stereocenters. The van der Waals surface area contributed by atoms with Crippen molar-refractivity contribution in [3.63, 3.8) is 0 Å². The van der Waals surface area contributed by atoms with Crippen molar-refractivity contribution in [2.75, 3.05) is 11.1 Å². The zero-order valence-corrected chi connectivity index (χ0v) is 22.5. The quantitative estimate of drug-likeness (QED) is 0.267. The standard InChI is InChI=1S/C25H26ClN5O2S2/c1-14-6-7-18(10-15(14)2)21-12-34-24(27-21)28-22(32)13-35-25-30-29-23(31(25)5)17(4)33-19-8-9-20(26)16(3)11-19/h6-12,17H,13H2,1-5H3,(H,27,28,32). The van der Waals surface area contributed by atoms with E-state index in [4.69, 9.17) is 16.3 Å². The molecular formula is C25H26ClN5O2S2. The minimum absolute atomic E-state index is 0.151. The summed E-state index contributed by atoms with van der Waals surface area (Å²) in [5.41, 5.74) is 5.28. The van der Waals surface area contributed by atoms with Gasteiger partial charge in [0.05, 0.1) is 11.4 Å². The van der Waals surface area contributed by atoms with Crippen molar-refractivity contribution in [2.45, 2.75) is 39.0 Å². The van der Waals surface area contributed by atoms with Gasteiger partial charge in [0.2, 0.25) is 5.91 Å². The molecule has 0 saturated heterocycles. The number of nitrogens with zero attached hydrogens (tertiary/aromatic N) is 4. The van der Waals surface area contributed by atoms with Crippen LogP contribution in [0.4, 0.5) is 5.13 Å². The Bertz CT molecular complexity index is 1370. The molecule has 4 aromatic rings. The smallest absolute Gasteiger partial charge is 0.236 e. The van der Waals surface area contributed by atoms with Gasteiger partial charge in [-0.05, 0) is 68.7 Å². The monoisotopic (exact) mass is 527 g/mol. The molecule has 35 heavy (non-hydrogen) atoms. The Hall–Kier alpha value is -2.88. The van der Waals surface area contributed by atoms with Crippen LogP contribution in [-0.2, 0) is 11.8 Å². The number of nitrogens with one attached hydrogen (secondary N) is 1. The molecule has 0 bridgehead atoms. The molecule has 0 aliphatic heterocycles. The molecule has 0 aliphatic carbocycles. The van der Waals surface area contributed by atoms with E-state index in [0.29, 0.717) is 26.9 Å². The highest BCUT2D eigenvalue weighted by Gasteiger charge is 2.19. The molecule has 1 amide bonds. The molecule has 2 heterocycles. The summed E-state index contributed by atoms with van der Waals surface area (Å²) in [5, 5.41) is 15.2. The Kier molecular flexibility index (Phi) is 7.78. The fraction of sp³-hybridized carbons (Fsp3) is 0.280. The molecule has 2 aromatic carbocycles. The molecule has 182 valence electrons. The molecular weight excluding hydrogens is 502 g/mol. The number of hydrogen-bond donors (Lipinski definition) is 1. The first-order chi connectivity index (χ1) is 16.7. The molecule has 1 atom stereocenters. The number of halogens is 1. The van der Waals surface area contributed by atoms with Gasteiger partial charge in [-0.3, -0.25) is 4.79 Å². The molecule has 1 N–H and O–H groups in total. The normalized spacial score (nSPS) is 11.9. The second kappa shape index (κ2) is 10.8. The number of rotatable bonds is 8. The van der Waals surface area contributed by atoms with Crippen LogP contribution < -0.4 is 10.1 Å². The highest BCUT2D eigenvalue weighted by Crippen LogP contribution is 2.28. The van der Waals surface area contributed by atoms with E-state index >= 15 is 0 Å². The summed E-state index contributed by atoms with van der Waals surface area (Å²) in [7, 11) is 1.86. The van der Waals surface area contributed by atoms with Gasteiger partial charge in [-0.1, -0.05) is 35.5 Å². The lowest BCUT2D eigenvalue weighted by Gasteiger charge is -2.15. The molecule has 10 heteroatoms. The number of hydrogen-bond acceptors (Lipinski definition) is 7. The summed E-state index contributed by atoms with van der Waals surface area (Å²) in [5.74, 6) is 1.41. The number of ether oxygens (including phenoxy) is 1. The second-order valence-electron chi connectivity index (χ2n) is 8.24. The van der Waals surface area contributed by atoms with Crippen molar-refractivity contribution in [1.29, 1.82) is 0 Å². The van der Waals surface area contributed by atoms with Gasteiger partial charge in [0.15, 0.2) is 22.2 Å². The molecule has 4 rings (SSSR count). The van der Waals surface area contributed by atoms with E-state index in [0.717, 1.165) is 16.8 Å². The Labute approximate surface area is 217 Å². The van der Waals surface area contributed by atoms with Crippen LogP contribution in [0.25, 0.3) is 11.3 Å². The zero-order chi connectivity index (χ0) is 25.1. The number of thioether (sulfide) groups is 1. The van der Waals surface area contributed by atoms with E-state index in [1.54, 1.807) is 0 Å². The van der Waals surface area contributed by atoms with E-state index < -0.39 is 0 Å². The van der Waals surface area contributed by atoms with Crippen LogP contribution in [0.2, 0.25) is 5.02 Å². The molecule has 0 spiro atoms. The number of thiazole rings is 1. The summed E-state index contributed by atoms with van der Waals surface area (Å²) >= 11 is 8.81. The van der Waals surface area contributed by atoms with Crippen molar-refractivity contribution in [3.8, 4) is 17.0 Å². The van der Waals surface area contributed by atoms with E-state index in [2.05, 4.69) is 46.5 Å². The number of carbonyl (C=O) groups is 1. The molecule has 0 aliphatic rings. The molecule has 0 saturated carbocycles. The third-order valence-electron chi connectivity index (χ3n) is 5.56. The van der Waals surface area contributed by atoms with Gasteiger partial charge in [-0.25, -0.2) is 4.98 Å². The Morgan fingerprint density at radius 2 is 1.94 bits per heavy atom. The SMILES string of the molecule is Cc1ccc(-c2csc(NC(=O)CSc3nnc(C(C)Oc4ccc(Cl)c(C)c4)n3C)n2)cc1C. The molecule has 7 nitrogen and oxygen atoms in total. The van der Waals surface area contributed by atoms with Crippen molar-refractivity contribution >= 4 is 45.7 Å². The summed E-state index contributed by atoms with van der Waals surface area (Å²) in [6.45, 7) is 7.99. The lowest BCUT2D eigenvalue weighted by molar-refractivity contribution is -0.113. The first-order valence-electron chi connectivity index (χ1n) is 11.0. The van der Waals surface area contributed by atoms with Gasteiger partial charge >= 0.3 is 0 Å². The number of aryl methyl sites for hydroxylation is 3. The van der Waals surface area contributed by atoms with Crippen LogP contribution in [-0.4, -0.2) is 31.4 Å².